The van der Waals surface area contributed by atoms with E-state index in [9.17, 15) is 22.8 Å². The molecule has 182 valence electrons. The molecule has 4 N–H and O–H groups in total. The molecule has 1 amide bonds. The summed E-state index contributed by atoms with van der Waals surface area (Å²) >= 11 is 2.15. The summed E-state index contributed by atoms with van der Waals surface area (Å²) in [6, 6.07) is 9.25. The van der Waals surface area contributed by atoms with E-state index in [0.717, 1.165) is 27.9 Å². The lowest BCUT2D eigenvalue weighted by molar-refractivity contribution is -0.392. The maximum Gasteiger partial charge on any atom is 0.430 e. The molecule has 0 spiro atoms. The van der Waals surface area contributed by atoms with Crippen molar-refractivity contribution in [1.82, 2.24) is 10.3 Å². The van der Waals surface area contributed by atoms with Gasteiger partial charge in [0.15, 0.2) is 0 Å². The number of carbonyl (C=O) groups excluding carboxylic acids is 2. The fourth-order valence-electron chi connectivity index (χ4n) is 2.53. The monoisotopic (exact) mass is 585 g/mol. The Morgan fingerprint density at radius 3 is 2.33 bits per heavy atom. The highest BCUT2D eigenvalue weighted by molar-refractivity contribution is 14.1. The Labute approximate surface area is 200 Å². The molecular weight excluding hydrogens is 562 g/mol. The van der Waals surface area contributed by atoms with Crippen LogP contribution >= 0.6 is 22.6 Å². The van der Waals surface area contributed by atoms with Gasteiger partial charge in [0.05, 0.1) is 0 Å². The first-order valence-corrected chi connectivity index (χ1v) is 10.8. The molecule has 0 unspecified atom stereocenters. The van der Waals surface area contributed by atoms with Crippen LogP contribution in [0.15, 0.2) is 36.5 Å². The molecule has 1 heterocycles. The molecule has 0 aliphatic rings. The molecule has 2 rings (SSSR count). The molecule has 0 radical (unpaired) electrons. The molecule has 2 aromatic rings. The topological polar surface area (TPSA) is 146 Å². The van der Waals surface area contributed by atoms with Crippen molar-refractivity contribution in [3.05, 3.63) is 51.6 Å². The number of rotatable bonds is 10. The van der Waals surface area contributed by atoms with Crippen LogP contribution in [0.25, 0.3) is 0 Å². The highest BCUT2D eigenvalue weighted by atomic mass is 127. The average molecular weight is 585 g/mol. The van der Waals surface area contributed by atoms with Gasteiger partial charge >= 0.3 is 18.2 Å². The highest BCUT2D eigenvalue weighted by Crippen LogP contribution is 2.17. The number of nitrogens with one attached hydrogen (secondary N) is 3. The van der Waals surface area contributed by atoms with Crippen LogP contribution < -0.4 is 15.4 Å². The number of halogens is 4. The minimum Gasteiger partial charge on any atom is -0.542 e. The Bertz CT molecular complexity index is 893. The third-order valence-electron chi connectivity index (χ3n) is 4.08. The normalized spacial score (nSPS) is 11.6. The molecule has 0 bridgehead atoms. The summed E-state index contributed by atoms with van der Waals surface area (Å²) in [6.07, 6.45) is -0.766. The lowest BCUT2D eigenvalue weighted by atomic mass is 10.1. The van der Waals surface area contributed by atoms with E-state index in [-0.39, 0.29) is 19.1 Å². The predicted octanol–water partition coefficient (Wildman–Crippen LogP) is 2.73. The van der Waals surface area contributed by atoms with Crippen molar-refractivity contribution in [3.63, 3.8) is 0 Å². The van der Waals surface area contributed by atoms with Gasteiger partial charge in [-0.05, 0) is 18.4 Å². The molecule has 1 aromatic heterocycles. The van der Waals surface area contributed by atoms with Crippen molar-refractivity contribution in [2.24, 2.45) is 0 Å². The Morgan fingerprint density at radius 1 is 1.18 bits per heavy atom. The number of aromatic amines is 2. The molecule has 9 nitrogen and oxygen atoms in total. The van der Waals surface area contributed by atoms with Crippen molar-refractivity contribution >= 4 is 40.6 Å². The van der Waals surface area contributed by atoms with E-state index >= 15 is 0 Å². The number of carboxylic acid groups (broad SMARTS) is 2. The van der Waals surface area contributed by atoms with Crippen molar-refractivity contribution in [1.29, 1.82) is 0 Å². The Hall–Kier alpha value is -2.84. The van der Waals surface area contributed by atoms with E-state index in [1.165, 1.54) is 0 Å². The van der Waals surface area contributed by atoms with E-state index in [1.54, 1.807) is 0 Å². The number of aliphatic carboxylic acids is 2. The second kappa shape index (κ2) is 14.3. The summed E-state index contributed by atoms with van der Waals surface area (Å²) in [7, 11) is 0. The summed E-state index contributed by atoms with van der Waals surface area (Å²) in [5.74, 6) is -2.99. The highest BCUT2D eigenvalue weighted by Gasteiger charge is 2.28. The second-order valence-electron chi connectivity index (χ2n) is 6.71. The van der Waals surface area contributed by atoms with Crippen LogP contribution in [-0.4, -0.2) is 34.3 Å². The smallest absolute Gasteiger partial charge is 0.430 e. The van der Waals surface area contributed by atoms with Gasteiger partial charge < -0.3 is 25.1 Å². The lowest BCUT2D eigenvalue weighted by Gasteiger charge is -2.14. The Balaban J connectivity index is 0.000000675. The van der Waals surface area contributed by atoms with Gasteiger partial charge in [-0.15, -0.1) is 0 Å². The largest absolute Gasteiger partial charge is 0.542 e. The van der Waals surface area contributed by atoms with Gasteiger partial charge in [0.2, 0.25) is 3.70 Å². The number of alkyl halides is 3. The fraction of sp³-hybridized carbons (Fsp3) is 0.400. The zero-order chi connectivity index (χ0) is 24.9. The zero-order valence-corrected chi connectivity index (χ0v) is 19.4. The van der Waals surface area contributed by atoms with Crippen molar-refractivity contribution < 1.29 is 47.5 Å². The van der Waals surface area contributed by atoms with Crippen LogP contribution in [0.2, 0.25) is 0 Å². The molecule has 0 saturated carbocycles. The minimum atomic E-state index is -5.19. The number of hydrogen-bond acceptors (Lipinski definition) is 5. The average Bonchev–Trinajstić information content (AvgIpc) is 3.17. The van der Waals surface area contributed by atoms with Crippen molar-refractivity contribution in [3.8, 4) is 0 Å². The van der Waals surface area contributed by atoms with Crippen LogP contribution in [0.5, 0.6) is 0 Å². The molecule has 1 aromatic carbocycles. The summed E-state index contributed by atoms with van der Waals surface area (Å²) in [6.45, 7) is 0.212. The number of benzene rings is 1. The predicted molar refractivity (Wildman–Crippen MR) is 114 cm³/mol. The number of amides is 1. The third-order valence-corrected chi connectivity index (χ3v) is 4.66. The molecule has 1 atom stereocenters. The molecule has 0 fully saturated rings. The van der Waals surface area contributed by atoms with Crippen molar-refractivity contribution in [2.75, 3.05) is 0 Å². The van der Waals surface area contributed by atoms with Gasteiger partial charge in [0.25, 0.3) is 5.82 Å². The van der Waals surface area contributed by atoms with Crippen molar-refractivity contribution in [2.45, 2.75) is 50.9 Å². The zero-order valence-electron chi connectivity index (χ0n) is 17.3. The fourth-order valence-corrected chi connectivity index (χ4v) is 2.97. The number of imidazole rings is 1. The first-order valence-electron chi connectivity index (χ1n) is 9.72. The number of H-pyrrole nitrogens is 2. The molecule has 13 heteroatoms. The third kappa shape index (κ3) is 12.7. The lowest BCUT2D eigenvalue weighted by Crippen LogP contribution is -2.37. The maximum atomic E-state index is 12.1. The van der Waals surface area contributed by atoms with E-state index in [2.05, 4.69) is 37.9 Å². The number of carboxylic acids is 2. The molecule has 0 saturated heterocycles. The van der Waals surface area contributed by atoms with Crippen LogP contribution in [0.4, 0.5) is 18.0 Å². The number of hydrogen-bond donors (Lipinski definition) is 3. The van der Waals surface area contributed by atoms with Gasteiger partial charge in [-0.3, -0.25) is 4.79 Å². The first kappa shape index (κ1) is 28.2. The van der Waals surface area contributed by atoms with Gasteiger partial charge in [0.1, 0.15) is 24.8 Å². The SMILES string of the molecule is O=C(O)CCCCC[C@H](NC(=O)OCc1ccccc1)c1[nH]c(I)c[nH+]1.O=C([O-])C(F)(F)F. The maximum absolute atomic E-state index is 12.1. The summed E-state index contributed by atoms with van der Waals surface area (Å²) in [4.78, 5) is 37.8. The van der Waals surface area contributed by atoms with E-state index < -0.39 is 24.2 Å². The Kier molecular flexibility index (Phi) is 12.2. The number of ether oxygens (including phenoxy) is 1. The first-order chi connectivity index (χ1) is 15.5. The van der Waals surface area contributed by atoms with E-state index in [4.69, 9.17) is 19.7 Å². The molecule has 33 heavy (non-hydrogen) atoms. The summed E-state index contributed by atoms with van der Waals surface area (Å²) in [5, 5.41) is 20.3. The number of aromatic nitrogens is 2. The van der Waals surface area contributed by atoms with Crippen LogP contribution in [0.1, 0.15) is 49.5 Å². The van der Waals surface area contributed by atoms with E-state index in [0.29, 0.717) is 12.8 Å². The van der Waals surface area contributed by atoms with Gasteiger partial charge in [0, 0.05) is 29.0 Å². The summed E-state index contributed by atoms with van der Waals surface area (Å²) < 4.78 is 37.8. The number of carbonyl (C=O) groups is 3. The number of unbranched alkanes of at least 4 members (excludes halogenated alkanes) is 2. The summed E-state index contributed by atoms with van der Waals surface area (Å²) in [5.41, 5.74) is 0.925. The molecule has 0 aliphatic heterocycles. The van der Waals surface area contributed by atoms with Crippen LogP contribution in [0, 0.1) is 3.70 Å². The minimum absolute atomic E-state index is 0.170. The number of alkyl carbamates (subject to hydrolysis) is 1. The van der Waals surface area contributed by atoms with Gasteiger partial charge in [-0.25, -0.2) is 14.8 Å². The van der Waals surface area contributed by atoms with Gasteiger partial charge in [-0.1, -0.05) is 43.2 Å². The molecule has 0 aliphatic carbocycles. The standard InChI is InChI=1S/C18H22IN3O4.C2HF3O2/c19-15-11-20-17(22-15)14(9-5-2-6-10-16(23)24)21-18(25)26-12-13-7-3-1-4-8-13;3-2(4,5)1(6)7/h1,3-4,7-8,11,14H,2,5-6,9-10,12H2,(H,20,22)(H,21,25)(H,23,24);(H,6,7)/t14-;/m0./s1. The van der Waals surface area contributed by atoms with Crippen LogP contribution in [0.3, 0.4) is 0 Å². The second-order valence-corrected chi connectivity index (χ2v) is 7.87. The quantitative estimate of drug-likeness (QED) is 0.289. The van der Waals surface area contributed by atoms with Gasteiger partial charge in [-0.2, -0.15) is 13.2 Å². The van der Waals surface area contributed by atoms with Crippen LogP contribution in [-0.2, 0) is 20.9 Å². The molecular formula is C20H23F3IN3O6. The Morgan fingerprint density at radius 2 is 1.82 bits per heavy atom. The van der Waals surface area contributed by atoms with E-state index in [1.807, 2.05) is 36.5 Å².